The van der Waals surface area contributed by atoms with Crippen LogP contribution in [0.4, 0.5) is 0 Å². The summed E-state index contributed by atoms with van der Waals surface area (Å²) >= 11 is 0. The van der Waals surface area contributed by atoms with Crippen LogP contribution in [-0.4, -0.2) is 27.4 Å². The summed E-state index contributed by atoms with van der Waals surface area (Å²) < 4.78 is 0. The molecule has 0 radical (unpaired) electrons. The van der Waals surface area contributed by atoms with E-state index in [0.29, 0.717) is 5.46 Å². The number of aromatic nitrogens is 2. The molecule has 3 rings (SSSR count). The maximum atomic E-state index is 9.23. The second-order valence-electron chi connectivity index (χ2n) is 4.73. The zero-order valence-electron chi connectivity index (χ0n) is 11.0. The van der Waals surface area contributed by atoms with E-state index in [1.54, 1.807) is 18.3 Å². The molecule has 0 aliphatic heterocycles. The Kier molecular flexibility index (Phi) is 3.22. The summed E-state index contributed by atoms with van der Waals surface area (Å²) in [5.41, 5.74) is 3.41. The molecule has 0 atom stereocenters. The third-order valence-electron chi connectivity index (χ3n) is 3.38. The van der Waals surface area contributed by atoms with Gasteiger partial charge in [-0.25, -0.2) is 0 Å². The molecule has 0 spiro atoms. The Morgan fingerprint density at radius 2 is 1.85 bits per heavy atom. The van der Waals surface area contributed by atoms with E-state index in [1.165, 1.54) is 0 Å². The lowest BCUT2D eigenvalue weighted by Gasteiger charge is -2.08. The van der Waals surface area contributed by atoms with Crippen LogP contribution < -0.4 is 5.46 Å². The van der Waals surface area contributed by atoms with Crippen LogP contribution in [0.5, 0.6) is 0 Å². The smallest absolute Gasteiger partial charge is 0.423 e. The SMILES string of the molecule is Cc1ccccc1-c1nncc2cc(B(O)O)ccc12. The maximum Gasteiger partial charge on any atom is 0.488 e. The molecular formula is C15H13BN2O2. The highest BCUT2D eigenvalue weighted by molar-refractivity contribution is 6.58. The van der Waals surface area contributed by atoms with Crippen molar-refractivity contribution in [2.75, 3.05) is 0 Å². The van der Waals surface area contributed by atoms with Gasteiger partial charge < -0.3 is 10.0 Å². The van der Waals surface area contributed by atoms with Gasteiger partial charge in [0, 0.05) is 16.3 Å². The second kappa shape index (κ2) is 5.04. The van der Waals surface area contributed by atoms with E-state index < -0.39 is 7.12 Å². The lowest BCUT2D eigenvalue weighted by molar-refractivity contribution is 0.426. The second-order valence-corrected chi connectivity index (χ2v) is 4.73. The van der Waals surface area contributed by atoms with Gasteiger partial charge in [0.05, 0.1) is 6.20 Å². The monoisotopic (exact) mass is 264 g/mol. The minimum atomic E-state index is -1.48. The van der Waals surface area contributed by atoms with E-state index in [-0.39, 0.29) is 0 Å². The number of fused-ring (bicyclic) bond motifs is 1. The molecule has 20 heavy (non-hydrogen) atoms. The third kappa shape index (κ3) is 2.17. The maximum absolute atomic E-state index is 9.23. The molecule has 0 aliphatic rings. The topological polar surface area (TPSA) is 66.2 Å². The van der Waals surface area contributed by atoms with E-state index in [2.05, 4.69) is 10.2 Å². The quantitative estimate of drug-likeness (QED) is 0.684. The zero-order chi connectivity index (χ0) is 14.1. The highest BCUT2D eigenvalue weighted by atomic mass is 16.4. The van der Waals surface area contributed by atoms with Crippen molar-refractivity contribution in [3.05, 3.63) is 54.2 Å². The first-order chi connectivity index (χ1) is 9.66. The van der Waals surface area contributed by atoms with Gasteiger partial charge in [-0.1, -0.05) is 42.5 Å². The van der Waals surface area contributed by atoms with Crippen molar-refractivity contribution >= 4 is 23.4 Å². The largest absolute Gasteiger partial charge is 0.488 e. The van der Waals surface area contributed by atoms with Crippen LogP contribution >= 0.6 is 0 Å². The van der Waals surface area contributed by atoms with Gasteiger partial charge in [0.15, 0.2) is 0 Å². The molecule has 0 unspecified atom stereocenters. The molecule has 0 saturated heterocycles. The number of hydrogen-bond acceptors (Lipinski definition) is 4. The first kappa shape index (κ1) is 12.8. The van der Waals surface area contributed by atoms with Crippen molar-refractivity contribution in [1.82, 2.24) is 10.2 Å². The van der Waals surface area contributed by atoms with Gasteiger partial charge in [-0.05, 0) is 17.9 Å². The Hall–Kier alpha value is -2.24. The lowest BCUT2D eigenvalue weighted by atomic mass is 9.79. The van der Waals surface area contributed by atoms with Crippen molar-refractivity contribution in [3.63, 3.8) is 0 Å². The van der Waals surface area contributed by atoms with Gasteiger partial charge in [0.25, 0.3) is 0 Å². The Labute approximate surface area is 116 Å². The van der Waals surface area contributed by atoms with Gasteiger partial charge in [-0.3, -0.25) is 0 Å². The summed E-state index contributed by atoms with van der Waals surface area (Å²) in [4.78, 5) is 0. The average Bonchev–Trinajstić information content (AvgIpc) is 2.46. The average molecular weight is 264 g/mol. The summed E-state index contributed by atoms with van der Waals surface area (Å²) in [5.74, 6) is 0. The van der Waals surface area contributed by atoms with E-state index in [9.17, 15) is 10.0 Å². The third-order valence-corrected chi connectivity index (χ3v) is 3.38. The molecule has 4 nitrogen and oxygen atoms in total. The Bertz CT molecular complexity index is 775. The normalized spacial score (nSPS) is 10.8. The minimum absolute atomic E-state index is 0.446. The summed E-state index contributed by atoms with van der Waals surface area (Å²) in [6, 6.07) is 13.2. The highest BCUT2D eigenvalue weighted by Crippen LogP contribution is 2.27. The van der Waals surface area contributed by atoms with Gasteiger partial charge in [-0.15, -0.1) is 5.10 Å². The molecule has 2 N–H and O–H groups in total. The van der Waals surface area contributed by atoms with Crippen LogP contribution in [0.3, 0.4) is 0 Å². The van der Waals surface area contributed by atoms with Crippen LogP contribution in [0.25, 0.3) is 22.0 Å². The van der Waals surface area contributed by atoms with Crippen molar-refractivity contribution in [2.24, 2.45) is 0 Å². The van der Waals surface area contributed by atoms with Crippen molar-refractivity contribution < 1.29 is 10.0 Å². The van der Waals surface area contributed by atoms with Gasteiger partial charge >= 0.3 is 7.12 Å². The van der Waals surface area contributed by atoms with Gasteiger partial charge in [0.1, 0.15) is 5.69 Å². The number of benzene rings is 2. The molecule has 2 aromatic carbocycles. The van der Waals surface area contributed by atoms with E-state index in [4.69, 9.17) is 0 Å². The van der Waals surface area contributed by atoms with Crippen molar-refractivity contribution in [2.45, 2.75) is 6.92 Å². The Morgan fingerprint density at radius 3 is 2.60 bits per heavy atom. The van der Waals surface area contributed by atoms with Crippen LogP contribution in [0.2, 0.25) is 0 Å². The molecule has 0 fully saturated rings. The minimum Gasteiger partial charge on any atom is -0.423 e. The summed E-state index contributed by atoms with van der Waals surface area (Å²) in [6.45, 7) is 2.03. The van der Waals surface area contributed by atoms with Gasteiger partial charge in [-0.2, -0.15) is 5.10 Å². The van der Waals surface area contributed by atoms with Crippen LogP contribution in [0, 0.1) is 6.92 Å². The molecule has 0 bridgehead atoms. The molecule has 0 amide bonds. The molecule has 1 heterocycles. The fraction of sp³-hybridized carbons (Fsp3) is 0.0667. The molecule has 1 aromatic heterocycles. The number of aryl methyl sites for hydroxylation is 1. The summed E-state index contributed by atoms with van der Waals surface area (Å²) in [5, 5.41) is 28.5. The van der Waals surface area contributed by atoms with Crippen LogP contribution in [0.15, 0.2) is 48.7 Å². The predicted octanol–water partition coefficient (Wildman–Crippen LogP) is 1.29. The van der Waals surface area contributed by atoms with Crippen molar-refractivity contribution in [3.8, 4) is 11.3 Å². The number of nitrogens with zero attached hydrogens (tertiary/aromatic N) is 2. The molecule has 3 aromatic rings. The Morgan fingerprint density at radius 1 is 1.05 bits per heavy atom. The fourth-order valence-electron chi connectivity index (χ4n) is 2.30. The predicted molar refractivity (Wildman–Crippen MR) is 79.5 cm³/mol. The van der Waals surface area contributed by atoms with E-state index in [1.807, 2.05) is 37.3 Å². The summed E-state index contributed by atoms with van der Waals surface area (Å²) in [7, 11) is -1.48. The summed E-state index contributed by atoms with van der Waals surface area (Å²) in [6.07, 6.45) is 1.63. The fourth-order valence-corrected chi connectivity index (χ4v) is 2.30. The Balaban J connectivity index is 2.25. The number of rotatable bonds is 2. The van der Waals surface area contributed by atoms with Crippen molar-refractivity contribution in [1.29, 1.82) is 0 Å². The lowest BCUT2D eigenvalue weighted by Crippen LogP contribution is -2.29. The van der Waals surface area contributed by atoms with Gasteiger partial charge in [0.2, 0.25) is 0 Å². The molecule has 0 aliphatic carbocycles. The van der Waals surface area contributed by atoms with E-state index >= 15 is 0 Å². The molecule has 0 saturated carbocycles. The standard InChI is InChI=1S/C15H13BN2O2/c1-10-4-2-3-5-13(10)15-14-7-6-12(16(19)20)8-11(14)9-17-18-15/h2-9,19-20H,1H3. The highest BCUT2D eigenvalue weighted by Gasteiger charge is 2.13. The van der Waals surface area contributed by atoms with Crippen LogP contribution in [-0.2, 0) is 0 Å². The van der Waals surface area contributed by atoms with Crippen LogP contribution in [0.1, 0.15) is 5.56 Å². The molecular weight excluding hydrogens is 251 g/mol. The zero-order valence-corrected chi connectivity index (χ0v) is 11.0. The van der Waals surface area contributed by atoms with E-state index in [0.717, 1.165) is 27.6 Å². The molecule has 98 valence electrons. The first-order valence-corrected chi connectivity index (χ1v) is 6.34. The molecule has 5 heteroatoms. The first-order valence-electron chi connectivity index (χ1n) is 6.34. The number of hydrogen-bond donors (Lipinski definition) is 2.